The zero-order chi connectivity index (χ0) is 19.0. The molecule has 0 N–H and O–H groups in total. The van der Waals surface area contributed by atoms with Crippen LogP contribution in [0.25, 0.3) is 0 Å². The molecule has 0 fully saturated rings. The first kappa shape index (κ1) is 20.1. The van der Waals surface area contributed by atoms with Crippen molar-refractivity contribution in [1.29, 1.82) is 0 Å². The fraction of sp³-hybridized carbons (Fsp3) is 0.350. The molecule has 0 spiro atoms. The quantitative estimate of drug-likeness (QED) is 0.510. The number of nitrogens with zero attached hydrogens (tertiary/aromatic N) is 2. The average Bonchev–Trinajstić information content (AvgIpc) is 2.63. The highest BCUT2D eigenvalue weighted by molar-refractivity contribution is 7.90. The van der Waals surface area contributed by atoms with Crippen LogP contribution in [0.5, 0.6) is 0 Å². The minimum absolute atomic E-state index is 0.171. The first-order valence-electron chi connectivity index (χ1n) is 8.84. The number of rotatable bonds is 8. The van der Waals surface area contributed by atoms with Crippen molar-refractivity contribution in [2.45, 2.75) is 38.0 Å². The van der Waals surface area contributed by atoms with E-state index in [1.165, 1.54) is 12.1 Å². The highest BCUT2D eigenvalue weighted by atomic mass is 32.2. The summed E-state index contributed by atoms with van der Waals surface area (Å²) in [5.74, 6) is 0.173. The Labute approximate surface area is 155 Å². The maximum absolute atomic E-state index is 13.2. The van der Waals surface area contributed by atoms with Gasteiger partial charge < -0.3 is 4.90 Å². The minimum atomic E-state index is -3.80. The lowest BCUT2D eigenvalue weighted by molar-refractivity contribution is 0.411. The smallest absolute Gasteiger partial charge is 0.283 e. The molecule has 0 aliphatic carbocycles. The number of amidine groups is 1. The van der Waals surface area contributed by atoms with Crippen LogP contribution < -0.4 is 0 Å². The lowest BCUT2D eigenvalue weighted by Gasteiger charge is -2.25. The van der Waals surface area contributed by atoms with Crippen LogP contribution in [0.4, 0.5) is 4.39 Å². The normalized spacial score (nSPS) is 12.2. The van der Waals surface area contributed by atoms with Gasteiger partial charge in [-0.05, 0) is 42.7 Å². The van der Waals surface area contributed by atoms with E-state index in [9.17, 15) is 12.8 Å². The summed E-state index contributed by atoms with van der Waals surface area (Å²) in [7, 11) is -3.80. The van der Waals surface area contributed by atoms with E-state index in [0.29, 0.717) is 12.3 Å². The van der Waals surface area contributed by atoms with Gasteiger partial charge in [0.15, 0.2) is 0 Å². The summed E-state index contributed by atoms with van der Waals surface area (Å²) >= 11 is 0. The van der Waals surface area contributed by atoms with E-state index in [2.05, 4.69) is 4.40 Å². The van der Waals surface area contributed by atoms with Crippen LogP contribution in [0.2, 0.25) is 0 Å². The third kappa shape index (κ3) is 5.66. The molecule has 0 atom stereocenters. The second-order valence-electron chi connectivity index (χ2n) is 6.09. The molecule has 2 aromatic carbocycles. The molecule has 0 unspecified atom stereocenters. The number of hydrogen-bond donors (Lipinski definition) is 0. The molecule has 0 radical (unpaired) electrons. The van der Waals surface area contributed by atoms with Gasteiger partial charge in [0, 0.05) is 19.5 Å². The summed E-state index contributed by atoms with van der Waals surface area (Å²) in [4.78, 5) is 2.17. The van der Waals surface area contributed by atoms with E-state index in [1.807, 2.05) is 18.7 Å². The lowest BCUT2D eigenvalue weighted by Crippen LogP contribution is -2.34. The Morgan fingerprint density at radius 1 is 0.962 bits per heavy atom. The predicted molar refractivity (Wildman–Crippen MR) is 103 cm³/mol. The van der Waals surface area contributed by atoms with Crippen molar-refractivity contribution in [1.82, 2.24) is 4.90 Å². The molecular weight excluding hydrogens is 351 g/mol. The van der Waals surface area contributed by atoms with E-state index >= 15 is 0 Å². The van der Waals surface area contributed by atoms with Crippen molar-refractivity contribution in [3.63, 3.8) is 0 Å². The van der Waals surface area contributed by atoms with Crippen LogP contribution in [-0.2, 0) is 16.4 Å². The van der Waals surface area contributed by atoms with Gasteiger partial charge in [-0.3, -0.25) is 0 Å². The van der Waals surface area contributed by atoms with Crippen molar-refractivity contribution in [3.8, 4) is 0 Å². The maximum atomic E-state index is 13.2. The highest BCUT2D eigenvalue weighted by Crippen LogP contribution is 2.15. The van der Waals surface area contributed by atoms with Crippen LogP contribution in [0.3, 0.4) is 0 Å². The fourth-order valence-corrected chi connectivity index (χ4v) is 3.74. The first-order chi connectivity index (χ1) is 12.5. The van der Waals surface area contributed by atoms with Crippen molar-refractivity contribution >= 4 is 15.9 Å². The van der Waals surface area contributed by atoms with Crippen LogP contribution >= 0.6 is 0 Å². The Bertz CT molecular complexity index is 813. The summed E-state index contributed by atoms with van der Waals surface area (Å²) in [6.07, 6.45) is 2.11. The van der Waals surface area contributed by atoms with Gasteiger partial charge in [-0.1, -0.05) is 44.2 Å². The van der Waals surface area contributed by atoms with Crippen molar-refractivity contribution < 1.29 is 12.8 Å². The van der Waals surface area contributed by atoms with Gasteiger partial charge in [0.1, 0.15) is 11.7 Å². The van der Waals surface area contributed by atoms with Gasteiger partial charge >= 0.3 is 0 Å². The molecule has 0 saturated heterocycles. The summed E-state index contributed by atoms with van der Waals surface area (Å²) < 4.78 is 42.8. The molecule has 0 aliphatic rings. The Morgan fingerprint density at radius 3 is 2.08 bits per heavy atom. The molecule has 0 aromatic heterocycles. The van der Waals surface area contributed by atoms with Crippen molar-refractivity contribution in [3.05, 3.63) is 66.0 Å². The lowest BCUT2D eigenvalue weighted by atomic mass is 10.1. The Kier molecular flexibility index (Phi) is 7.33. The summed E-state index contributed by atoms with van der Waals surface area (Å²) in [6.45, 7) is 5.53. The monoisotopic (exact) mass is 376 g/mol. The largest absolute Gasteiger partial charge is 0.359 e. The van der Waals surface area contributed by atoms with Gasteiger partial charge in [-0.15, -0.1) is 4.40 Å². The number of benzene rings is 2. The predicted octanol–water partition coefficient (Wildman–Crippen LogP) is 4.28. The first-order valence-corrected chi connectivity index (χ1v) is 10.3. The second kappa shape index (κ2) is 9.48. The fourth-order valence-electron chi connectivity index (χ4n) is 2.68. The third-order valence-electron chi connectivity index (χ3n) is 3.89. The zero-order valence-corrected chi connectivity index (χ0v) is 16.0. The molecule has 26 heavy (non-hydrogen) atoms. The molecule has 4 nitrogen and oxygen atoms in total. The minimum Gasteiger partial charge on any atom is -0.359 e. The standard InChI is InChI=1S/C20H25FN2O2S/c1-3-14-23(15-4-2)20(16-17-10-12-18(21)13-11-17)22-26(24,25)19-8-6-5-7-9-19/h5-13H,3-4,14-16H2,1-2H3/b22-20-. The zero-order valence-electron chi connectivity index (χ0n) is 15.2. The molecule has 2 rings (SSSR count). The van der Waals surface area contributed by atoms with Gasteiger partial charge in [0.25, 0.3) is 10.0 Å². The molecule has 6 heteroatoms. The second-order valence-corrected chi connectivity index (χ2v) is 7.69. The number of hydrogen-bond acceptors (Lipinski definition) is 2. The third-order valence-corrected chi connectivity index (χ3v) is 5.21. The molecule has 0 bridgehead atoms. The SMILES string of the molecule is CCCN(CCC)/C(Cc1ccc(F)cc1)=N\S(=O)(=O)c1ccccc1. The summed E-state index contributed by atoms with van der Waals surface area (Å²) in [5.41, 5.74) is 0.825. The molecule has 0 saturated carbocycles. The van der Waals surface area contributed by atoms with Crippen LogP contribution in [-0.4, -0.2) is 32.2 Å². The number of sulfonamides is 1. The van der Waals surface area contributed by atoms with Crippen LogP contribution in [0.15, 0.2) is 63.9 Å². The number of halogens is 1. The Balaban J connectivity index is 2.42. The summed E-state index contributed by atoms with van der Waals surface area (Å²) in [6, 6.07) is 14.3. The van der Waals surface area contributed by atoms with Gasteiger partial charge in [-0.25, -0.2) is 4.39 Å². The van der Waals surface area contributed by atoms with Crippen molar-refractivity contribution in [2.75, 3.05) is 13.1 Å². The van der Waals surface area contributed by atoms with Gasteiger partial charge in [0.2, 0.25) is 0 Å². The topological polar surface area (TPSA) is 49.7 Å². The van der Waals surface area contributed by atoms with E-state index in [0.717, 1.165) is 31.5 Å². The Morgan fingerprint density at radius 2 is 1.54 bits per heavy atom. The molecular formula is C20H25FN2O2S. The van der Waals surface area contributed by atoms with Crippen molar-refractivity contribution in [2.24, 2.45) is 4.40 Å². The molecule has 140 valence electrons. The average molecular weight is 376 g/mol. The van der Waals surface area contributed by atoms with E-state index in [4.69, 9.17) is 0 Å². The van der Waals surface area contributed by atoms with Crippen LogP contribution in [0, 0.1) is 5.82 Å². The highest BCUT2D eigenvalue weighted by Gasteiger charge is 2.18. The summed E-state index contributed by atoms with van der Waals surface area (Å²) in [5, 5.41) is 0. The molecule has 0 aliphatic heterocycles. The molecule has 0 amide bonds. The maximum Gasteiger partial charge on any atom is 0.283 e. The van der Waals surface area contributed by atoms with Gasteiger partial charge in [-0.2, -0.15) is 8.42 Å². The van der Waals surface area contributed by atoms with E-state index in [1.54, 1.807) is 42.5 Å². The van der Waals surface area contributed by atoms with Gasteiger partial charge in [0.05, 0.1) is 4.90 Å². The molecule has 0 heterocycles. The van der Waals surface area contributed by atoms with Crippen LogP contribution in [0.1, 0.15) is 32.3 Å². The Hall–Kier alpha value is -2.21. The van der Waals surface area contributed by atoms with E-state index < -0.39 is 10.0 Å². The molecule has 2 aromatic rings. The van der Waals surface area contributed by atoms with E-state index in [-0.39, 0.29) is 10.7 Å².